The van der Waals surface area contributed by atoms with Gasteiger partial charge in [0, 0.05) is 26.6 Å². The van der Waals surface area contributed by atoms with Crippen LogP contribution in [0.2, 0.25) is 0 Å². The lowest BCUT2D eigenvalue weighted by Crippen LogP contribution is -2.21. The molecule has 108 valence electrons. The molecule has 0 amide bonds. The predicted octanol–water partition coefficient (Wildman–Crippen LogP) is 2.24. The topological polar surface area (TPSA) is 56.9 Å². The molecule has 0 saturated heterocycles. The van der Waals surface area contributed by atoms with E-state index in [9.17, 15) is 9.59 Å². The molecule has 0 aliphatic heterocycles. The number of hydrogen-bond donors (Lipinski definition) is 0. The van der Waals surface area contributed by atoms with Gasteiger partial charge in [0.25, 0.3) is 5.56 Å². The zero-order valence-corrected chi connectivity index (χ0v) is 11.8. The maximum absolute atomic E-state index is 12.0. The van der Waals surface area contributed by atoms with Crippen molar-refractivity contribution in [3.05, 3.63) is 39.3 Å². The van der Waals surface area contributed by atoms with Crippen LogP contribution >= 0.6 is 0 Å². The molecule has 0 N–H and O–H groups in total. The van der Waals surface area contributed by atoms with E-state index in [0.29, 0.717) is 17.0 Å². The van der Waals surface area contributed by atoms with E-state index in [1.807, 2.05) is 13.0 Å². The van der Waals surface area contributed by atoms with Crippen LogP contribution in [0, 0.1) is 13.8 Å². The van der Waals surface area contributed by atoms with Crippen molar-refractivity contribution >= 4 is 5.78 Å². The summed E-state index contributed by atoms with van der Waals surface area (Å²) in [5.74, 6) is -0.0454. The number of aryl methyl sites for hydroxylation is 3. The molecule has 0 bridgehead atoms. The number of nitrogens with zero attached hydrogens (tertiary/aromatic N) is 3. The molecule has 2 heterocycles. The minimum absolute atomic E-state index is 0. The van der Waals surface area contributed by atoms with E-state index in [0.717, 1.165) is 11.3 Å². The highest BCUT2D eigenvalue weighted by Crippen LogP contribution is 2.21. The Bertz CT molecular complexity index is 723. The molecule has 0 radical (unpaired) electrons. The Morgan fingerprint density at radius 2 is 1.75 bits per heavy atom. The molecule has 0 saturated carbocycles. The largest absolute Gasteiger partial charge is 0.309 e. The fourth-order valence-electron chi connectivity index (χ4n) is 2.37. The summed E-state index contributed by atoms with van der Waals surface area (Å²) in [6.07, 6.45) is 0. The third-order valence-electron chi connectivity index (χ3n) is 3.27. The zero-order chi connectivity index (χ0) is 14.3. The lowest BCUT2D eigenvalue weighted by Gasteiger charge is -2.10. The Morgan fingerprint density at radius 3 is 2.25 bits per heavy atom. The summed E-state index contributed by atoms with van der Waals surface area (Å²) in [5, 5.41) is 4.33. The Labute approximate surface area is 118 Å². The highest BCUT2D eigenvalue weighted by atomic mass is 16.1. The van der Waals surface area contributed by atoms with Gasteiger partial charge in [-0.05, 0) is 31.5 Å². The number of Topliss-reactive ketones (excluding diaryl/α,β-unsaturated/α-hetero) is 1. The molecule has 0 atom stereocenters. The fraction of sp³-hybridized carbons (Fsp3) is 0.400. The van der Waals surface area contributed by atoms with Gasteiger partial charge in [-0.25, -0.2) is 0 Å². The summed E-state index contributed by atoms with van der Waals surface area (Å²) >= 11 is 0. The van der Waals surface area contributed by atoms with Crippen molar-refractivity contribution in [3.63, 3.8) is 0 Å². The average molecular weight is 275 g/mol. The normalized spacial score (nSPS) is 10.2. The zero-order valence-electron chi connectivity index (χ0n) is 11.8. The van der Waals surface area contributed by atoms with Gasteiger partial charge in [0.05, 0.1) is 5.69 Å². The summed E-state index contributed by atoms with van der Waals surface area (Å²) in [4.78, 5) is 23.5. The third kappa shape index (κ3) is 2.43. The molecular weight excluding hydrogens is 254 g/mol. The molecule has 0 unspecified atom stereocenters. The van der Waals surface area contributed by atoms with Crippen molar-refractivity contribution < 1.29 is 4.79 Å². The Balaban J connectivity index is 0.00000200. The molecule has 20 heavy (non-hydrogen) atoms. The molecule has 0 aromatic carbocycles. The molecule has 5 nitrogen and oxygen atoms in total. The summed E-state index contributed by atoms with van der Waals surface area (Å²) in [6, 6.07) is 3.57. The van der Waals surface area contributed by atoms with Gasteiger partial charge < -0.3 is 4.57 Å². The maximum atomic E-state index is 12.0. The second kappa shape index (κ2) is 5.45. The van der Waals surface area contributed by atoms with Crippen LogP contribution in [0.15, 0.2) is 16.9 Å². The number of ketones is 1. The van der Waals surface area contributed by atoms with Gasteiger partial charge in [-0.2, -0.15) is 5.10 Å². The van der Waals surface area contributed by atoms with Crippen LogP contribution in [0.5, 0.6) is 0 Å². The number of pyridine rings is 1. The van der Waals surface area contributed by atoms with E-state index in [1.165, 1.54) is 6.92 Å². The maximum Gasteiger partial charge on any atom is 0.253 e. The van der Waals surface area contributed by atoms with Crippen molar-refractivity contribution in [2.75, 3.05) is 0 Å². The Hall–Kier alpha value is -2.17. The van der Waals surface area contributed by atoms with Gasteiger partial charge in [-0.15, -0.1) is 0 Å². The molecule has 2 aromatic heterocycles. The van der Waals surface area contributed by atoms with E-state index >= 15 is 0 Å². The first-order chi connectivity index (χ1) is 8.82. The molecule has 2 aromatic rings. The fourth-order valence-corrected chi connectivity index (χ4v) is 2.37. The first-order valence-electron chi connectivity index (χ1n) is 6.05. The van der Waals surface area contributed by atoms with Gasteiger partial charge in [0.15, 0.2) is 5.78 Å². The van der Waals surface area contributed by atoms with Crippen molar-refractivity contribution in [2.24, 2.45) is 14.1 Å². The van der Waals surface area contributed by atoms with Crippen molar-refractivity contribution in [1.29, 1.82) is 0 Å². The molecular formula is C15H21N3O2. The first-order valence-corrected chi connectivity index (χ1v) is 6.05. The van der Waals surface area contributed by atoms with Gasteiger partial charge >= 0.3 is 0 Å². The van der Waals surface area contributed by atoms with Gasteiger partial charge in [0.2, 0.25) is 0 Å². The van der Waals surface area contributed by atoms with E-state index in [2.05, 4.69) is 5.10 Å². The average Bonchev–Trinajstić information content (AvgIpc) is 2.68. The van der Waals surface area contributed by atoms with Gasteiger partial charge in [0.1, 0.15) is 11.4 Å². The summed E-state index contributed by atoms with van der Waals surface area (Å²) in [5.41, 5.74) is 3.54. The molecule has 0 aliphatic carbocycles. The van der Waals surface area contributed by atoms with E-state index < -0.39 is 0 Å². The molecule has 0 spiro atoms. The monoisotopic (exact) mass is 275 g/mol. The smallest absolute Gasteiger partial charge is 0.253 e. The second-order valence-corrected chi connectivity index (χ2v) is 4.82. The second-order valence-electron chi connectivity index (χ2n) is 4.82. The van der Waals surface area contributed by atoms with Crippen LogP contribution in [-0.2, 0) is 14.1 Å². The lowest BCUT2D eigenvalue weighted by atomic mass is 10.1. The minimum Gasteiger partial charge on any atom is -0.309 e. The molecule has 0 fully saturated rings. The van der Waals surface area contributed by atoms with Crippen LogP contribution < -0.4 is 5.56 Å². The Morgan fingerprint density at radius 1 is 1.15 bits per heavy atom. The van der Waals surface area contributed by atoms with E-state index in [-0.39, 0.29) is 18.8 Å². The highest BCUT2D eigenvalue weighted by molar-refractivity contribution is 5.93. The number of aromatic nitrogens is 3. The number of rotatable bonds is 2. The SMILES string of the molecule is C.CC(=O)c1cc(-c2c(C)cc(C)c(=O)n2C)nn1C. The quantitative estimate of drug-likeness (QED) is 0.790. The highest BCUT2D eigenvalue weighted by Gasteiger charge is 2.15. The third-order valence-corrected chi connectivity index (χ3v) is 3.27. The van der Waals surface area contributed by atoms with Crippen molar-refractivity contribution in [1.82, 2.24) is 14.3 Å². The Kier molecular flexibility index (Phi) is 4.33. The minimum atomic E-state index is -0.0457. The van der Waals surface area contributed by atoms with Gasteiger partial charge in [-0.3, -0.25) is 14.3 Å². The first kappa shape index (κ1) is 15.9. The van der Waals surface area contributed by atoms with E-state index in [4.69, 9.17) is 0 Å². The van der Waals surface area contributed by atoms with Crippen LogP contribution in [0.25, 0.3) is 11.4 Å². The summed E-state index contributed by atoms with van der Waals surface area (Å²) in [6.45, 7) is 5.23. The number of carbonyl (C=O) groups excluding carboxylic acids is 1. The van der Waals surface area contributed by atoms with Crippen LogP contribution in [0.1, 0.15) is 36.0 Å². The van der Waals surface area contributed by atoms with Crippen LogP contribution in [-0.4, -0.2) is 20.1 Å². The van der Waals surface area contributed by atoms with Gasteiger partial charge in [-0.1, -0.05) is 7.43 Å². The number of carbonyl (C=O) groups is 1. The standard InChI is InChI=1S/C14H17N3O2.CH4/c1-8-6-9(2)14(19)16(4)13(8)11-7-12(10(3)18)17(5)15-11;/h6-7H,1-5H3;1H4. The van der Waals surface area contributed by atoms with Crippen molar-refractivity contribution in [3.8, 4) is 11.4 Å². The van der Waals surface area contributed by atoms with E-state index in [1.54, 1.807) is 36.3 Å². The molecule has 2 rings (SSSR count). The number of hydrogen-bond acceptors (Lipinski definition) is 3. The summed E-state index contributed by atoms with van der Waals surface area (Å²) in [7, 11) is 3.45. The van der Waals surface area contributed by atoms with Crippen LogP contribution in [0.3, 0.4) is 0 Å². The predicted molar refractivity (Wildman–Crippen MR) is 80.1 cm³/mol. The molecule has 5 heteroatoms. The molecule has 0 aliphatic rings. The van der Waals surface area contributed by atoms with Crippen LogP contribution in [0.4, 0.5) is 0 Å². The summed E-state index contributed by atoms with van der Waals surface area (Å²) < 4.78 is 3.12. The lowest BCUT2D eigenvalue weighted by molar-refractivity contribution is 0.100. The van der Waals surface area contributed by atoms with Crippen molar-refractivity contribution in [2.45, 2.75) is 28.2 Å².